The third kappa shape index (κ3) is 11.2. The highest BCUT2D eigenvalue weighted by atomic mass is 16.4. The first-order valence-corrected chi connectivity index (χ1v) is 15.3. The summed E-state index contributed by atoms with van der Waals surface area (Å²) in [5.74, 6) is -3.16. The van der Waals surface area contributed by atoms with Gasteiger partial charge in [0.25, 0.3) is 0 Å². The Kier molecular flexibility index (Phi) is 14.0. The molecule has 46 heavy (non-hydrogen) atoms. The standard InChI is InChI=1S/C32H45N9O5/c33-15-7-6-13-25(39-28(42)23(34)18-21-19-38-24-12-5-4-11-22(21)24)29(43)41-27(17-20-9-2-1-3-10-20)30(44)40-26(31(45)46)14-8-16-37-32(35)36/h1-5,9-12,19,23,25-27,38H,6-8,13-18,33-34H2,(H,39,42)(H,40,44)(H,41,43)(H,45,46)(H4,35,36,37). The highest BCUT2D eigenvalue weighted by Crippen LogP contribution is 2.19. The number of hydrogen-bond donors (Lipinski definition) is 9. The molecular weight excluding hydrogens is 590 g/mol. The lowest BCUT2D eigenvalue weighted by Gasteiger charge is -2.25. The Bertz CT molecular complexity index is 1470. The van der Waals surface area contributed by atoms with E-state index in [0.717, 1.165) is 22.0 Å². The number of fused-ring (bicyclic) bond motifs is 1. The first-order valence-electron chi connectivity index (χ1n) is 15.3. The van der Waals surface area contributed by atoms with Gasteiger partial charge in [0.05, 0.1) is 6.04 Å². The van der Waals surface area contributed by atoms with Gasteiger partial charge in [-0.15, -0.1) is 0 Å². The number of benzene rings is 2. The van der Waals surface area contributed by atoms with Gasteiger partial charge < -0.3 is 49.0 Å². The number of aliphatic imine (C=N–C) groups is 1. The summed E-state index contributed by atoms with van der Waals surface area (Å²) >= 11 is 0. The highest BCUT2D eigenvalue weighted by molar-refractivity contribution is 5.94. The van der Waals surface area contributed by atoms with Crippen molar-refractivity contribution in [1.82, 2.24) is 20.9 Å². The first-order chi connectivity index (χ1) is 22.1. The summed E-state index contributed by atoms with van der Waals surface area (Å²) in [5, 5.41) is 18.7. The Hall–Kier alpha value is -4.95. The van der Waals surface area contributed by atoms with E-state index in [1.807, 2.05) is 30.3 Å². The molecule has 0 radical (unpaired) electrons. The third-order valence-corrected chi connectivity index (χ3v) is 7.51. The number of aromatic nitrogens is 1. The molecule has 1 heterocycles. The van der Waals surface area contributed by atoms with Crippen molar-refractivity contribution < 1.29 is 24.3 Å². The number of H-pyrrole nitrogens is 1. The van der Waals surface area contributed by atoms with E-state index in [0.29, 0.717) is 25.8 Å². The van der Waals surface area contributed by atoms with Crippen molar-refractivity contribution in [2.24, 2.45) is 27.9 Å². The molecule has 0 bridgehead atoms. The molecule has 2 aromatic carbocycles. The van der Waals surface area contributed by atoms with Crippen molar-refractivity contribution in [2.45, 2.75) is 69.1 Å². The van der Waals surface area contributed by atoms with Crippen molar-refractivity contribution in [3.05, 3.63) is 71.9 Å². The summed E-state index contributed by atoms with van der Waals surface area (Å²) in [5.41, 5.74) is 25.1. The molecule has 0 aliphatic carbocycles. The van der Waals surface area contributed by atoms with Crippen LogP contribution in [0.4, 0.5) is 0 Å². The van der Waals surface area contributed by atoms with Gasteiger partial charge in [-0.2, -0.15) is 0 Å². The summed E-state index contributed by atoms with van der Waals surface area (Å²) in [6, 6.07) is 12.3. The lowest BCUT2D eigenvalue weighted by molar-refractivity contribution is -0.142. The molecule has 0 fully saturated rings. The molecular formula is C32H45N9O5. The van der Waals surface area contributed by atoms with Crippen LogP contribution in [-0.2, 0) is 32.0 Å². The van der Waals surface area contributed by atoms with Crippen LogP contribution in [0.1, 0.15) is 43.2 Å². The minimum absolute atomic E-state index is 0.0654. The average Bonchev–Trinajstić information content (AvgIpc) is 3.44. The molecule has 4 unspecified atom stereocenters. The number of hydrogen-bond acceptors (Lipinski definition) is 7. The van der Waals surface area contributed by atoms with Gasteiger partial charge in [0.15, 0.2) is 5.96 Å². The summed E-state index contributed by atoms with van der Waals surface area (Å²) in [6.07, 6.45) is 3.93. The zero-order chi connectivity index (χ0) is 33.5. The number of carbonyl (C=O) groups excluding carboxylic acids is 3. The van der Waals surface area contributed by atoms with Crippen molar-refractivity contribution >= 4 is 40.6 Å². The second-order valence-corrected chi connectivity index (χ2v) is 11.1. The van der Waals surface area contributed by atoms with Crippen LogP contribution >= 0.6 is 0 Å². The van der Waals surface area contributed by atoms with E-state index < -0.39 is 47.9 Å². The maximum absolute atomic E-state index is 13.6. The van der Waals surface area contributed by atoms with Gasteiger partial charge in [-0.3, -0.25) is 19.4 Å². The molecule has 0 spiro atoms. The quantitative estimate of drug-likeness (QED) is 0.0487. The monoisotopic (exact) mass is 635 g/mol. The number of aliphatic carboxylic acids is 1. The van der Waals surface area contributed by atoms with Gasteiger partial charge in [0.1, 0.15) is 18.1 Å². The number of amides is 3. The fraction of sp³-hybridized carbons (Fsp3) is 0.406. The van der Waals surface area contributed by atoms with Crippen molar-refractivity contribution in [3.63, 3.8) is 0 Å². The molecule has 0 saturated carbocycles. The van der Waals surface area contributed by atoms with Crippen molar-refractivity contribution in [3.8, 4) is 0 Å². The molecule has 13 N–H and O–H groups in total. The summed E-state index contributed by atoms with van der Waals surface area (Å²) in [4.78, 5) is 59.3. The van der Waals surface area contributed by atoms with Crippen LogP contribution in [-0.4, -0.2) is 77.0 Å². The van der Waals surface area contributed by atoms with Crippen LogP contribution in [0.5, 0.6) is 0 Å². The number of carboxylic acid groups (broad SMARTS) is 1. The molecule has 14 heteroatoms. The molecule has 3 aromatic rings. The Morgan fingerprint density at radius 3 is 2.11 bits per heavy atom. The first kappa shape index (κ1) is 35.5. The van der Waals surface area contributed by atoms with Crippen LogP contribution in [0.25, 0.3) is 10.9 Å². The molecule has 3 amide bonds. The average molecular weight is 636 g/mol. The fourth-order valence-electron chi connectivity index (χ4n) is 5.04. The maximum Gasteiger partial charge on any atom is 0.326 e. The number of carbonyl (C=O) groups is 4. The van der Waals surface area contributed by atoms with Gasteiger partial charge in [-0.1, -0.05) is 48.5 Å². The van der Waals surface area contributed by atoms with E-state index in [1.165, 1.54) is 0 Å². The number of para-hydroxylation sites is 1. The lowest BCUT2D eigenvalue weighted by Crippen LogP contribution is -2.57. The highest BCUT2D eigenvalue weighted by Gasteiger charge is 2.30. The lowest BCUT2D eigenvalue weighted by atomic mass is 10.0. The van der Waals surface area contributed by atoms with E-state index in [9.17, 15) is 24.3 Å². The fourth-order valence-corrected chi connectivity index (χ4v) is 5.04. The minimum atomic E-state index is -1.24. The molecule has 0 saturated heterocycles. The van der Waals surface area contributed by atoms with E-state index in [2.05, 4.69) is 25.9 Å². The van der Waals surface area contributed by atoms with Crippen LogP contribution in [0.2, 0.25) is 0 Å². The number of rotatable bonds is 19. The van der Waals surface area contributed by atoms with Gasteiger partial charge in [-0.05, 0) is 62.3 Å². The summed E-state index contributed by atoms with van der Waals surface area (Å²) < 4.78 is 0. The second-order valence-electron chi connectivity index (χ2n) is 11.1. The van der Waals surface area contributed by atoms with Gasteiger partial charge in [0.2, 0.25) is 17.7 Å². The minimum Gasteiger partial charge on any atom is -0.480 e. The smallest absolute Gasteiger partial charge is 0.326 e. The van der Waals surface area contributed by atoms with E-state index >= 15 is 0 Å². The topological polar surface area (TPSA) is 257 Å². The summed E-state index contributed by atoms with van der Waals surface area (Å²) in [6.45, 7) is 0.597. The summed E-state index contributed by atoms with van der Waals surface area (Å²) in [7, 11) is 0. The zero-order valence-electron chi connectivity index (χ0n) is 25.8. The SMILES string of the molecule is NCCCCC(NC(=O)C(N)Cc1c[nH]c2ccccc12)C(=O)NC(Cc1ccccc1)C(=O)NC(CCCN=C(N)N)C(=O)O. The predicted molar refractivity (Wildman–Crippen MR) is 176 cm³/mol. The van der Waals surface area contributed by atoms with E-state index in [4.69, 9.17) is 22.9 Å². The van der Waals surface area contributed by atoms with Crippen LogP contribution in [0, 0.1) is 0 Å². The molecule has 248 valence electrons. The number of carboxylic acids is 1. The number of nitrogens with one attached hydrogen (secondary N) is 4. The van der Waals surface area contributed by atoms with Crippen molar-refractivity contribution in [1.29, 1.82) is 0 Å². The Balaban J connectivity index is 1.74. The van der Waals surface area contributed by atoms with Crippen LogP contribution in [0.3, 0.4) is 0 Å². The second kappa shape index (κ2) is 18.1. The predicted octanol–water partition coefficient (Wildman–Crippen LogP) is 0.00200. The number of guanidine groups is 1. The van der Waals surface area contributed by atoms with E-state index in [-0.39, 0.29) is 38.2 Å². The number of nitrogens with zero attached hydrogens (tertiary/aromatic N) is 1. The Labute approximate surface area is 267 Å². The van der Waals surface area contributed by atoms with Gasteiger partial charge >= 0.3 is 5.97 Å². The third-order valence-electron chi connectivity index (χ3n) is 7.51. The molecule has 3 rings (SSSR count). The van der Waals surface area contributed by atoms with Crippen LogP contribution in [0.15, 0.2) is 65.8 Å². The molecule has 14 nitrogen and oxygen atoms in total. The Morgan fingerprint density at radius 1 is 0.783 bits per heavy atom. The number of nitrogens with two attached hydrogens (primary N) is 4. The van der Waals surface area contributed by atoms with Gasteiger partial charge in [-0.25, -0.2) is 4.79 Å². The van der Waals surface area contributed by atoms with Gasteiger partial charge in [0, 0.05) is 30.1 Å². The maximum atomic E-state index is 13.6. The normalized spacial score (nSPS) is 13.6. The largest absolute Gasteiger partial charge is 0.480 e. The molecule has 0 aliphatic rings. The molecule has 0 aliphatic heterocycles. The zero-order valence-corrected chi connectivity index (χ0v) is 25.8. The number of aromatic amines is 1. The van der Waals surface area contributed by atoms with E-state index in [1.54, 1.807) is 30.5 Å². The van der Waals surface area contributed by atoms with Crippen LogP contribution < -0.4 is 38.9 Å². The molecule has 1 aromatic heterocycles. The Morgan fingerprint density at radius 2 is 1.41 bits per heavy atom. The molecule has 4 atom stereocenters. The van der Waals surface area contributed by atoms with Crippen molar-refractivity contribution in [2.75, 3.05) is 13.1 Å². The number of unbranched alkanes of at least 4 members (excludes halogenated alkanes) is 1.